The molecule has 144 valence electrons. The van der Waals surface area contributed by atoms with Gasteiger partial charge >= 0.3 is 18.0 Å². The minimum Gasteiger partial charge on any atom is -0.480 e. The maximum Gasteiger partial charge on any atom is 0.408 e. The highest BCUT2D eigenvalue weighted by Gasteiger charge is 2.39. The number of esters is 1. The van der Waals surface area contributed by atoms with E-state index in [1.807, 2.05) is 0 Å². The van der Waals surface area contributed by atoms with Crippen molar-refractivity contribution in [3.05, 3.63) is 0 Å². The van der Waals surface area contributed by atoms with Gasteiger partial charge in [-0.2, -0.15) is 11.8 Å². The summed E-state index contributed by atoms with van der Waals surface area (Å²) >= 11 is 1.60. The minimum atomic E-state index is -1.08. The molecule has 1 fully saturated rings. The number of thioether (sulfide) groups is 1. The second-order valence-electron chi connectivity index (χ2n) is 7.32. The number of amides is 1. The Balaban J connectivity index is 2.30. The number of carboxylic acids is 1. The molecule has 0 saturated heterocycles. The number of carbonyl (C=O) groups excluding carboxylic acids is 2. The molecule has 0 radical (unpaired) electrons. The lowest BCUT2D eigenvalue weighted by Gasteiger charge is -2.40. The fraction of sp³-hybridized carbons (Fsp3) is 0.824. The van der Waals surface area contributed by atoms with Gasteiger partial charge in [0.2, 0.25) is 0 Å². The zero-order valence-corrected chi connectivity index (χ0v) is 16.2. The Bertz CT molecular complexity index is 484. The molecule has 25 heavy (non-hydrogen) atoms. The first-order chi connectivity index (χ1) is 11.5. The number of carbonyl (C=O) groups is 3. The first-order valence-electron chi connectivity index (χ1n) is 8.53. The summed E-state index contributed by atoms with van der Waals surface area (Å²) < 4.78 is 10.5. The molecule has 1 aliphatic rings. The monoisotopic (exact) mass is 375 g/mol. The third kappa shape index (κ3) is 8.47. The van der Waals surface area contributed by atoms with E-state index in [-0.39, 0.29) is 11.6 Å². The van der Waals surface area contributed by atoms with E-state index in [0.29, 0.717) is 12.2 Å². The Morgan fingerprint density at radius 1 is 1.24 bits per heavy atom. The van der Waals surface area contributed by atoms with Gasteiger partial charge in [-0.25, -0.2) is 9.59 Å². The van der Waals surface area contributed by atoms with Crippen molar-refractivity contribution in [3.63, 3.8) is 0 Å². The van der Waals surface area contributed by atoms with Crippen molar-refractivity contribution in [2.24, 2.45) is 0 Å². The fourth-order valence-electron chi connectivity index (χ4n) is 2.55. The summed E-state index contributed by atoms with van der Waals surface area (Å²) in [7, 11) is 0. The number of hydrogen-bond acceptors (Lipinski definition) is 6. The van der Waals surface area contributed by atoms with Crippen LogP contribution in [0.1, 0.15) is 59.8 Å². The summed E-state index contributed by atoms with van der Waals surface area (Å²) in [6.07, 6.45) is 3.21. The van der Waals surface area contributed by atoms with Crippen LogP contribution in [-0.2, 0) is 19.1 Å². The van der Waals surface area contributed by atoms with Gasteiger partial charge in [0.15, 0.2) is 0 Å². The lowest BCUT2D eigenvalue weighted by atomic mass is 9.78. The number of alkyl carbamates (subject to hydrolysis) is 1. The van der Waals surface area contributed by atoms with Crippen molar-refractivity contribution in [2.45, 2.75) is 77.0 Å². The molecular formula is C17H29NO6S. The van der Waals surface area contributed by atoms with Crippen molar-refractivity contribution in [3.8, 4) is 0 Å². The maximum atomic E-state index is 11.7. The van der Waals surface area contributed by atoms with Crippen LogP contribution in [-0.4, -0.2) is 51.9 Å². The van der Waals surface area contributed by atoms with E-state index in [9.17, 15) is 19.5 Å². The fourth-order valence-corrected chi connectivity index (χ4v) is 3.67. The zero-order valence-electron chi connectivity index (χ0n) is 15.4. The molecule has 0 spiro atoms. The van der Waals surface area contributed by atoms with Gasteiger partial charge in [0, 0.05) is 6.92 Å². The van der Waals surface area contributed by atoms with Gasteiger partial charge in [0.1, 0.15) is 17.2 Å². The molecule has 0 bridgehead atoms. The summed E-state index contributed by atoms with van der Waals surface area (Å²) in [6.45, 7) is 6.58. The average Bonchev–Trinajstić information content (AvgIpc) is 2.39. The number of ether oxygens (including phenoxy) is 2. The molecule has 0 aliphatic heterocycles. The van der Waals surface area contributed by atoms with Crippen molar-refractivity contribution in [1.29, 1.82) is 0 Å². The number of hydrogen-bond donors (Lipinski definition) is 2. The highest BCUT2D eigenvalue weighted by molar-refractivity contribution is 7.99. The highest BCUT2D eigenvalue weighted by Crippen LogP contribution is 2.39. The van der Waals surface area contributed by atoms with Crippen molar-refractivity contribution in [2.75, 3.05) is 11.5 Å². The molecule has 0 heterocycles. The lowest BCUT2D eigenvalue weighted by Crippen LogP contribution is -2.43. The molecule has 7 nitrogen and oxygen atoms in total. The van der Waals surface area contributed by atoms with Gasteiger partial charge in [0.05, 0.1) is 0 Å². The summed E-state index contributed by atoms with van der Waals surface area (Å²) in [6, 6.07) is -0.978. The predicted molar refractivity (Wildman–Crippen MR) is 95.7 cm³/mol. The average molecular weight is 375 g/mol. The molecule has 0 aromatic rings. The molecule has 2 N–H and O–H groups in total. The van der Waals surface area contributed by atoms with Crippen molar-refractivity contribution >= 4 is 29.8 Å². The Kier molecular flexibility index (Phi) is 8.05. The molecule has 1 unspecified atom stereocenters. The quantitative estimate of drug-likeness (QED) is 0.472. The van der Waals surface area contributed by atoms with Gasteiger partial charge < -0.3 is 19.9 Å². The first kappa shape index (κ1) is 21.6. The molecule has 1 aliphatic carbocycles. The molecule has 0 aromatic carbocycles. The smallest absolute Gasteiger partial charge is 0.408 e. The third-order valence-corrected chi connectivity index (χ3v) is 4.88. The van der Waals surface area contributed by atoms with E-state index in [4.69, 9.17) is 9.47 Å². The molecule has 1 rings (SSSR count). The van der Waals surface area contributed by atoms with Crippen LogP contribution >= 0.6 is 11.8 Å². The van der Waals surface area contributed by atoms with Crippen LogP contribution in [0.3, 0.4) is 0 Å². The Morgan fingerprint density at radius 3 is 2.32 bits per heavy atom. The number of carboxylic acid groups (broad SMARTS) is 1. The Hall–Kier alpha value is -1.44. The normalized spacial score (nSPS) is 17.1. The number of nitrogens with one attached hydrogen (secondary N) is 1. The van der Waals surface area contributed by atoms with Gasteiger partial charge in [-0.15, -0.1) is 0 Å². The first-order valence-corrected chi connectivity index (χ1v) is 9.68. The van der Waals surface area contributed by atoms with E-state index in [0.717, 1.165) is 31.4 Å². The van der Waals surface area contributed by atoms with Crippen molar-refractivity contribution in [1.82, 2.24) is 5.32 Å². The minimum absolute atomic E-state index is 0.253. The van der Waals surface area contributed by atoms with Crippen LogP contribution in [0.15, 0.2) is 0 Å². The molecular weight excluding hydrogens is 346 g/mol. The van der Waals surface area contributed by atoms with Crippen LogP contribution in [0.4, 0.5) is 4.79 Å². The van der Waals surface area contributed by atoms with E-state index in [1.54, 1.807) is 32.5 Å². The summed E-state index contributed by atoms with van der Waals surface area (Å²) in [4.78, 5) is 34.1. The van der Waals surface area contributed by atoms with E-state index in [2.05, 4.69) is 5.32 Å². The number of rotatable bonds is 9. The second-order valence-corrected chi connectivity index (χ2v) is 8.54. The van der Waals surface area contributed by atoms with Gasteiger partial charge in [-0.1, -0.05) is 0 Å². The van der Waals surface area contributed by atoms with Crippen LogP contribution in [0, 0.1) is 0 Å². The van der Waals surface area contributed by atoms with Crippen LogP contribution in [0.25, 0.3) is 0 Å². The Labute approximate surface area is 153 Å². The van der Waals surface area contributed by atoms with Crippen LogP contribution < -0.4 is 5.32 Å². The van der Waals surface area contributed by atoms with Gasteiger partial charge in [-0.3, -0.25) is 4.79 Å². The van der Waals surface area contributed by atoms with E-state index >= 15 is 0 Å². The topological polar surface area (TPSA) is 102 Å². The molecule has 1 saturated carbocycles. The number of aliphatic carboxylic acids is 1. The molecule has 8 heteroatoms. The second kappa shape index (κ2) is 9.31. The van der Waals surface area contributed by atoms with Crippen LogP contribution in [0.2, 0.25) is 0 Å². The SMILES string of the molecule is CC(=O)OC1(CCSCCC(NC(=O)OC(C)(C)C)C(=O)O)CCC1. The molecule has 1 amide bonds. The van der Waals surface area contributed by atoms with Gasteiger partial charge in [0.25, 0.3) is 0 Å². The maximum absolute atomic E-state index is 11.7. The largest absolute Gasteiger partial charge is 0.480 e. The lowest BCUT2D eigenvalue weighted by molar-refractivity contribution is -0.167. The van der Waals surface area contributed by atoms with Crippen LogP contribution in [0.5, 0.6) is 0 Å². The van der Waals surface area contributed by atoms with Crippen molar-refractivity contribution < 1.29 is 29.0 Å². The van der Waals surface area contributed by atoms with Gasteiger partial charge in [-0.05, 0) is 64.4 Å². The standard InChI is InChI=1S/C17H29NO6S/c1-12(19)23-17(7-5-8-17)9-11-25-10-6-13(14(20)21)18-15(22)24-16(2,3)4/h13H,5-11H2,1-4H3,(H,18,22)(H,20,21). The van der Waals surface area contributed by atoms with E-state index < -0.39 is 23.7 Å². The third-order valence-electron chi connectivity index (χ3n) is 3.87. The summed E-state index contributed by atoms with van der Waals surface area (Å²) in [5.41, 5.74) is -0.991. The highest BCUT2D eigenvalue weighted by atomic mass is 32.2. The summed E-state index contributed by atoms with van der Waals surface area (Å²) in [5, 5.41) is 11.6. The molecule has 0 aromatic heterocycles. The zero-order chi connectivity index (χ0) is 19.1. The summed E-state index contributed by atoms with van der Waals surface area (Å²) in [5.74, 6) is 0.0358. The Morgan fingerprint density at radius 2 is 1.88 bits per heavy atom. The molecule has 1 atom stereocenters. The van der Waals surface area contributed by atoms with E-state index in [1.165, 1.54) is 6.92 Å². The predicted octanol–water partition coefficient (Wildman–Crippen LogP) is 2.96.